The second-order valence-corrected chi connectivity index (χ2v) is 7.09. The molecule has 8 heteroatoms. The summed E-state index contributed by atoms with van der Waals surface area (Å²) < 4.78 is 7.57. The number of anilines is 1. The SMILES string of the molecule is O=C(CCCOc1ccc2c(c1)CCC(=O)N2)NCc1ccc(-n2ccnc2)nc1. The number of rotatable bonds is 8. The minimum absolute atomic E-state index is 0.0227. The summed E-state index contributed by atoms with van der Waals surface area (Å²) in [4.78, 5) is 31.8. The van der Waals surface area contributed by atoms with Gasteiger partial charge in [0.1, 0.15) is 17.9 Å². The zero-order chi connectivity index (χ0) is 20.8. The summed E-state index contributed by atoms with van der Waals surface area (Å²) in [5.74, 6) is 1.57. The van der Waals surface area contributed by atoms with Crippen LogP contribution < -0.4 is 15.4 Å². The third kappa shape index (κ3) is 5.02. The molecule has 1 aliphatic heterocycles. The zero-order valence-corrected chi connectivity index (χ0v) is 16.5. The molecule has 0 saturated heterocycles. The lowest BCUT2D eigenvalue weighted by molar-refractivity contribution is -0.121. The number of benzene rings is 1. The van der Waals surface area contributed by atoms with Gasteiger partial charge in [0.25, 0.3) is 0 Å². The van der Waals surface area contributed by atoms with Crippen LogP contribution in [0, 0.1) is 0 Å². The van der Waals surface area contributed by atoms with E-state index in [2.05, 4.69) is 20.6 Å². The lowest BCUT2D eigenvalue weighted by Gasteiger charge is -2.17. The lowest BCUT2D eigenvalue weighted by atomic mass is 10.0. The van der Waals surface area contributed by atoms with E-state index in [1.54, 1.807) is 18.7 Å². The Labute approximate surface area is 174 Å². The van der Waals surface area contributed by atoms with Gasteiger partial charge < -0.3 is 15.4 Å². The van der Waals surface area contributed by atoms with Crippen molar-refractivity contribution >= 4 is 17.5 Å². The fraction of sp³-hybridized carbons (Fsp3) is 0.273. The Bertz CT molecular complexity index is 1020. The molecule has 3 aromatic rings. The Hall–Kier alpha value is -3.68. The number of carbonyl (C=O) groups is 2. The maximum Gasteiger partial charge on any atom is 0.224 e. The summed E-state index contributed by atoms with van der Waals surface area (Å²) in [6.07, 6.45) is 9.19. The number of ether oxygens (including phenoxy) is 1. The van der Waals surface area contributed by atoms with Crippen LogP contribution in [0.5, 0.6) is 5.75 Å². The summed E-state index contributed by atoms with van der Waals surface area (Å²) in [6.45, 7) is 0.896. The number of aryl methyl sites for hydroxylation is 1. The van der Waals surface area contributed by atoms with Crippen molar-refractivity contribution in [3.63, 3.8) is 0 Å². The molecule has 1 aromatic carbocycles. The molecule has 0 fully saturated rings. The van der Waals surface area contributed by atoms with Crippen LogP contribution >= 0.6 is 0 Å². The number of nitrogens with zero attached hydrogens (tertiary/aromatic N) is 3. The fourth-order valence-corrected chi connectivity index (χ4v) is 3.23. The molecule has 0 aliphatic carbocycles. The van der Waals surface area contributed by atoms with Gasteiger partial charge in [-0.2, -0.15) is 0 Å². The standard InChI is InChI=1S/C22H23N5O3/c28-21(25-14-16-3-7-20(24-13-16)27-10-9-23-15-27)2-1-11-30-18-5-6-19-17(12-18)4-8-22(29)26-19/h3,5-7,9-10,12-13,15H,1-2,4,8,11,14H2,(H,25,28)(H,26,29). The molecule has 8 nitrogen and oxygen atoms in total. The highest BCUT2D eigenvalue weighted by Crippen LogP contribution is 2.26. The number of carbonyl (C=O) groups excluding carboxylic acids is 2. The third-order valence-corrected chi connectivity index (χ3v) is 4.86. The minimum Gasteiger partial charge on any atom is -0.494 e. The molecule has 2 amide bonds. The number of imidazole rings is 1. The Morgan fingerprint density at radius 2 is 2.17 bits per heavy atom. The van der Waals surface area contributed by atoms with E-state index in [0.717, 1.165) is 34.8 Å². The number of fused-ring (bicyclic) bond motifs is 1. The molecule has 1 aliphatic rings. The molecule has 3 heterocycles. The largest absolute Gasteiger partial charge is 0.494 e. The van der Waals surface area contributed by atoms with E-state index in [-0.39, 0.29) is 11.8 Å². The second-order valence-electron chi connectivity index (χ2n) is 7.09. The smallest absolute Gasteiger partial charge is 0.224 e. The first-order valence-corrected chi connectivity index (χ1v) is 9.93. The second kappa shape index (κ2) is 9.21. The molecule has 0 spiro atoms. The predicted octanol–water partition coefficient (Wildman–Crippen LogP) is 2.63. The molecular weight excluding hydrogens is 382 g/mol. The molecular formula is C22H23N5O3. The van der Waals surface area contributed by atoms with Crippen LogP contribution in [0.4, 0.5) is 5.69 Å². The van der Waals surface area contributed by atoms with Crippen LogP contribution in [-0.2, 0) is 22.6 Å². The average molecular weight is 405 g/mol. The van der Waals surface area contributed by atoms with Crippen LogP contribution in [0.15, 0.2) is 55.2 Å². The summed E-state index contributed by atoms with van der Waals surface area (Å²) in [7, 11) is 0. The van der Waals surface area contributed by atoms with Crippen molar-refractivity contribution < 1.29 is 14.3 Å². The van der Waals surface area contributed by atoms with E-state index in [4.69, 9.17) is 4.74 Å². The van der Waals surface area contributed by atoms with E-state index in [1.807, 2.05) is 41.1 Å². The topological polar surface area (TPSA) is 98.1 Å². The van der Waals surface area contributed by atoms with Crippen LogP contribution in [-0.4, -0.2) is 33.0 Å². The first-order valence-electron chi connectivity index (χ1n) is 9.93. The molecule has 2 N–H and O–H groups in total. The molecule has 0 radical (unpaired) electrons. The third-order valence-electron chi connectivity index (χ3n) is 4.86. The van der Waals surface area contributed by atoms with Crippen LogP contribution in [0.1, 0.15) is 30.4 Å². The highest BCUT2D eigenvalue weighted by molar-refractivity contribution is 5.94. The monoisotopic (exact) mass is 405 g/mol. The van der Waals surface area contributed by atoms with Crippen LogP contribution in [0.3, 0.4) is 0 Å². The van der Waals surface area contributed by atoms with Gasteiger partial charge in [-0.1, -0.05) is 6.07 Å². The van der Waals surface area contributed by atoms with E-state index in [9.17, 15) is 9.59 Å². The molecule has 2 aromatic heterocycles. The Morgan fingerprint density at radius 3 is 2.97 bits per heavy atom. The molecule has 0 bridgehead atoms. The van der Waals surface area contributed by atoms with E-state index in [0.29, 0.717) is 32.4 Å². The number of nitrogens with one attached hydrogen (secondary N) is 2. The Balaban J connectivity index is 1.16. The maximum absolute atomic E-state index is 12.1. The quantitative estimate of drug-likeness (QED) is 0.562. The first kappa shape index (κ1) is 19.6. The van der Waals surface area contributed by atoms with Crippen LogP contribution in [0.25, 0.3) is 5.82 Å². The number of pyridine rings is 1. The van der Waals surface area contributed by atoms with Gasteiger partial charge >= 0.3 is 0 Å². The van der Waals surface area contributed by atoms with Gasteiger partial charge in [0, 0.05) is 43.7 Å². The molecule has 4 rings (SSSR count). The normalized spacial score (nSPS) is 12.7. The Morgan fingerprint density at radius 1 is 1.23 bits per heavy atom. The number of amides is 2. The van der Waals surface area contributed by atoms with Gasteiger partial charge in [-0.25, -0.2) is 9.97 Å². The number of aromatic nitrogens is 3. The van der Waals surface area contributed by atoms with Crippen molar-refractivity contribution in [2.75, 3.05) is 11.9 Å². The molecule has 30 heavy (non-hydrogen) atoms. The fourth-order valence-electron chi connectivity index (χ4n) is 3.23. The number of hydrogen-bond acceptors (Lipinski definition) is 5. The molecule has 0 atom stereocenters. The van der Waals surface area contributed by atoms with Crippen molar-refractivity contribution in [1.82, 2.24) is 19.9 Å². The van der Waals surface area contributed by atoms with E-state index < -0.39 is 0 Å². The summed E-state index contributed by atoms with van der Waals surface area (Å²) >= 11 is 0. The first-order chi connectivity index (χ1) is 14.7. The zero-order valence-electron chi connectivity index (χ0n) is 16.5. The van der Waals surface area contributed by atoms with Gasteiger partial charge in [0.2, 0.25) is 11.8 Å². The minimum atomic E-state index is -0.0227. The summed E-state index contributed by atoms with van der Waals surface area (Å²) in [5.41, 5.74) is 2.87. The van der Waals surface area contributed by atoms with Gasteiger partial charge in [0.15, 0.2) is 0 Å². The van der Waals surface area contributed by atoms with Crippen molar-refractivity contribution in [2.24, 2.45) is 0 Å². The summed E-state index contributed by atoms with van der Waals surface area (Å²) in [5, 5.41) is 5.75. The highest BCUT2D eigenvalue weighted by Gasteiger charge is 2.15. The van der Waals surface area contributed by atoms with Crippen molar-refractivity contribution in [2.45, 2.75) is 32.2 Å². The molecule has 154 valence electrons. The maximum atomic E-state index is 12.1. The summed E-state index contributed by atoms with van der Waals surface area (Å²) in [6, 6.07) is 9.48. The Kier molecular flexibility index (Phi) is 6.03. The number of hydrogen-bond donors (Lipinski definition) is 2. The highest BCUT2D eigenvalue weighted by atomic mass is 16.5. The van der Waals surface area contributed by atoms with Crippen molar-refractivity contribution in [3.8, 4) is 11.6 Å². The average Bonchev–Trinajstić information content (AvgIpc) is 3.30. The lowest BCUT2D eigenvalue weighted by Crippen LogP contribution is -2.23. The van der Waals surface area contributed by atoms with E-state index >= 15 is 0 Å². The van der Waals surface area contributed by atoms with Crippen molar-refractivity contribution in [1.29, 1.82) is 0 Å². The van der Waals surface area contributed by atoms with Gasteiger partial charge in [-0.15, -0.1) is 0 Å². The van der Waals surface area contributed by atoms with Gasteiger partial charge in [0.05, 0.1) is 6.61 Å². The van der Waals surface area contributed by atoms with Crippen LogP contribution in [0.2, 0.25) is 0 Å². The van der Waals surface area contributed by atoms with Crippen molar-refractivity contribution in [3.05, 3.63) is 66.4 Å². The molecule has 0 saturated carbocycles. The van der Waals surface area contributed by atoms with Gasteiger partial charge in [-0.3, -0.25) is 14.2 Å². The van der Waals surface area contributed by atoms with Gasteiger partial charge in [-0.05, 0) is 48.2 Å². The molecule has 0 unspecified atom stereocenters. The van der Waals surface area contributed by atoms with E-state index in [1.165, 1.54) is 0 Å². The predicted molar refractivity (Wildman–Crippen MR) is 111 cm³/mol.